The molecule has 0 saturated heterocycles. The number of alkyl halides is 3. The number of hydrogen-bond donors (Lipinski definition) is 1. The van der Waals surface area contributed by atoms with Crippen molar-refractivity contribution in [2.45, 2.75) is 26.2 Å². The Balaban J connectivity index is 1.95. The van der Waals surface area contributed by atoms with Crippen LogP contribution in [0.25, 0.3) is 0 Å². The van der Waals surface area contributed by atoms with Crippen LogP contribution in [0.2, 0.25) is 0 Å². The molecule has 0 amide bonds. The van der Waals surface area contributed by atoms with E-state index in [0.717, 1.165) is 6.07 Å². The van der Waals surface area contributed by atoms with Gasteiger partial charge in [-0.15, -0.1) is 0 Å². The minimum atomic E-state index is -4.28. The van der Waals surface area contributed by atoms with Crippen molar-refractivity contribution >= 4 is 11.3 Å². The Kier molecular flexibility index (Phi) is 4.27. The highest BCUT2D eigenvalue weighted by Crippen LogP contribution is 2.29. The molecule has 0 spiro atoms. The van der Waals surface area contributed by atoms with Crippen LogP contribution in [0, 0.1) is 6.92 Å². The van der Waals surface area contributed by atoms with Gasteiger partial charge in [0.1, 0.15) is 0 Å². The molecule has 1 aromatic carbocycles. The van der Waals surface area contributed by atoms with Crippen LogP contribution in [0.15, 0.2) is 35.0 Å². The van der Waals surface area contributed by atoms with Gasteiger partial charge < -0.3 is 5.32 Å². The molecule has 1 aromatic heterocycles. The van der Waals surface area contributed by atoms with Crippen molar-refractivity contribution in [2.75, 3.05) is 0 Å². The first kappa shape index (κ1) is 14.1. The van der Waals surface area contributed by atoms with Crippen molar-refractivity contribution in [1.29, 1.82) is 0 Å². The average Bonchev–Trinajstić information content (AvgIpc) is 2.75. The van der Waals surface area contributed by atoms with E-state index in [1.807, 2.05) is 6.92 Å². The minimum Gasteiger partial charge on any atom is -0.309 e. The second-order valence-electron chi connectivity index (χ2n) is 4.38. The number of thiophene rings is 1. The van der Waals surface area contributed by atoms with Gasteiger partial charge in [0, 0.05) is 13.1 Å². The topological polar surface area (TPSA) is 12.0 Å². The highest BCUT2D eigenvalue weighted by molar-refractivity contribution is 7.08. The number of benzene rings is 1. The van der Waals surface area contributed by atoms with E-state index in [-0.39, 0.29) is 0 Å². The highest BCUT2D eigenvalue weighted by atomic mass is 32.1. The molecule has 2 rings (SSSR count). The van der Waals surface area contributed by atoms with E-state index in [1.54, 1.807) is 17.4 Å². The van der Waals surface area contributed by atoms with Gasteiger partial charge in [-0.25, -0.2) is 0 Å². The van der Waals surface area contributed by atoms with Crippen molar-refractivity contribution in [3.05, 3.63) is 57.3 Å². The Morgan fingerprint density at radius 2 is 1.95 bits per heavy atom. The van der Waals surface area contributed by atoms with Gasteiger partial charge in [-0.05, 0) is 40.4 Å². The third kappa shape index (κ3) is 3.81. The van der Waals surface area contributed by atoms with E-state index in [9.17, 15) is 13.2 Å². The van der Waals surface area contributed by atoms with Gasteiger partial charge in [0.15, 0.2) is 0 Å². The SMILES string of the molecule is Cc1cscc1CNCc1cccc(C(F)(F)F)c1. The van der Waals surface area contributed by atoms with Gasteiger partial charge in [-0.3, -0.25) is 0 Å². The molecule has 0 atom stereocenters. The summed E-state index contributed by atoms with van der Waals surface area (Å²) in [5.74, 6) is 0. The summed E-state index contributed by atoms with van der Waals surface area (Å²) in [7, 11) is 0. The van der Waals surface area contributed by atoms with Crippen molar-refractivity contribution in [3.63, 3.8) is 0 Å². The molecule has 0 unspecified atom stereocenters. The van der Waals surface area contributed by atoms with Crippen LogP contribution in [-0.2, 0) is 19.3 Å². The molecule has 1 N–H and O–H groups in total. The van der Waals surface area contributed by atoms with Crippen LogP contribution in [0.5, 0.6) is 0 Å². The quantitative estimate of drug-likeness (QED) is 0.880. The summed E-state index contributed by atoms with van der Waals surface area (Å²) < 4.78 is 37.6. The van der Waals surface area contributed by atoms with Crippen LogP contribution in [-0.4, -0.2) is 0 Å². The van der Waals surface area contributed by atoms with Gasteiger partial charge in [0.05, 0.1) is 5.56 Å². The molecule has 0 saturated carbocycles. The molecule has 0 aliphatic heterocycles. The zero-order valence-electron chi connectivity index (χ0n) is 10.4. The average molecular weight is 285 g/mol. The fourth-order valence-corrected chi connectivity index (χ4v) is 2.62. The first-order chi connectivity index (χ1) is 8.97. The summed E-state index contributed by atoms with van der Waals surface area (Å²) in [5.41, 5.74) is 2.44. The van der Waals surface area contributed by atoms with E-state index >= 15 is 0 Å². The molecule has 5 heteroatoms. The number of nitrogens with one attached hydrogen (secondary N) is 1. The van der Waals surface area contributed by atoms with Crippen molar-refractivity contribution in [1.82, 2.24) is 5.32 Å². The molecule has 1 nitrogen and oxygen atoms in total. The van der Waals surface area contributed by atoms with Crippen LogP contribution in [0.1, 0.15) is 22.3 Å². The van der Waals surface area contributed by atoms with E-state index in [2.05, 4.69) is 16.1 Å². The van der Waals surface area contributed by atoms with E-state index in [4.69, 9.17) is 0 Å². The van der Waals surface area contributed by atoms with Crippen LogP contribution in [0.4, 0.5) is 13.2 Å². The van der Waals surface area contributed by atoms with Crippen LogP contribution >= 0.6 is 11.3 Å². The second kappa shape index (κ2) is 5.75. The van der Waals surface area contributed by atoms with Gasteiger partial charge in [-0.2, -0.15) is 24.5 Å². The first-order valence-corrected chi connectivity index (χ1v) is 6.79. The Bertz CT molecular complexity index is 546. The normalized spacial score (nSPS) is 11.8. The van der Waals surface area contributed by atoms with Gasteiger partial charge in [-0.1, -0.05) is 18.2 Å². The van der Waals surface area contributed by atoms with Crippen molar-refractivity contribution < 1.29 is 13.2 Å². The van der Waals surface area contributed by atoms with Gasteiger partial charge >= 0.3 is 6.18 Å². The Hall–Kier alpha value is -1.33. The molecule has 1 heterocycles. The minimum absolute atomic E-state index is 0.430. The maximum absolute atomic E-state index is 12.5. The fourth-order valence-electron chi connectivity index (χ4n) is 1.77. The number of halogens is 3. The molecule has 0 fully saturated rings. The van der Waals surface area contributed by atoms with Gasteiger partial charge in [0.25, 0.3) is 0 Å². The fraction of sp³-hybridized carbons (Fsp3) is 0.286. The summed E-state index contributed by atoms with van der Waals surface area (Å²) in [4.78, 5) is 0. The van der Waals surface area contributed by atoms with E-state index in [0.29, 0.717) is 18.7 Å². The number of hydrogen-bond acceptors (Lipinski definition) is 2. The first-order valence-electron chi connectivity index (χ1n) is 5.85. The largest absolute Gasteiger partial charge is 0.416 e. The molecule has 0 aliphatic carbocycles. The molecule has 0 radical (unpaired) electrons. The lowest BCUT2D eigenvalue weighted by Gasteiger charge is -2.09. The number of rotatable bonds is 4. The molecular weight excluding hydrogens is 271 g/mol. The summed E-state index contributed by atoms with van der Waals surface area (Å²) in [6, 6.07) is 5.42. The monoisotopic (exact) mass is 285 g/mol. The molecule has 2 aromatic rings. The molecular formula is C14H14F3NS. The molecule has 0 aliphatic rings. The zero-order valence-corrected chi connectivity index (χ0v) is 11.2. The lowest BCUT2D eigenvalue weighted by Crippen LogP contribution is -2.13. The summed E-state index contributed by atoms with van der Waals surface area (Å²) in [6.07, 6.45) is -4.28. The predicted octanol–water partition coefficient (Wildman–Crippen LogP) is 4.37. The lowest BCUT2D eigenvalue weighted by molar-refractivity contribution is -0.137. The maximum atomic E-state index is 12.5. The second-order valence-corrected chi connectivity index (χ2v) is 5.13. The van der Waals surface area contributed by atoms with Crippen molar-refractivity contribution in [3.8, 4) is 0 Å². The Labute approximate surface area is 114 Å². The Morgan fingerprint density at radius 1 is 1.16 bits per heavy atom. The summed E-state index contributed by atoms with van der Waals surface area (Å²) in [5, 5.41) is 7.27. The number of aryl methyl sites for hydroxylation is 1. The van der Waals surface area contributed by atoms with Crippen LogP contribution in [0.3, 0.4) is 0 Å². The smallest absolute Gasteiger partial charge is 0.309 e. The highest BCUT2D eigenvalue weighted by Gasteiger charge is 2.30. The predicted molar refractivity (Wildman–Crippen MR) is 71.0 cm³/mol. The van der Waals surface area contributed by atoms with E-state index in [1.165, 1.54) is 23.3 Å². The van der Waals surface area contributed by atoms with Gasteiger partial charge in [0.2, 0.25) is 0 Å². The molecule has 19 heavy (non-hydrogen) atoms. The van der Waals surface area contributed by atoms with Crippen LogP contribution < -0.4 is 5.32 Å². The third-order valence-corrected chi connectivity index (χ3v) is 3.77. The molecule has 102 valence electrons. The van der Waals surface area contributed by atoms with E-state index < -0.39 is 11.7 Å². The molecule has 0 bridgehead atoms. The summed E-state index contributed by atoms with van der Waals surface area (Å²) in [6.45, 7) is 3.13. The lowest BCUT2D eigenvalue weighted by atomic mass is 10.1. The Morgan fingerprint density at radius 3 is 2.58 bits per heavy atom. The summed E-state index contributed by atoms with van der Waals surface area (Å²) >= 11 is 1.63. The van der Waals surface area contributed by atoms with Crippen molar-refractivity contribution in [2.24, 2.45) is 0 Å². The standard InChI is InChI=1S/C14H14F3NS/c1-10-8-19-9-12(10)7-18-6-11-3-2-4-13(5-11)14(15,16)17/h2-5,8-9,18H,6-7H2,1H3. The third-order valence-electron chi connectivity index (χ3n) is 2.86. The maximum Gasteiger partial charge on any atom is 0.416 e. The zero-order chi connectivity index (χ0) is 13.9.